The third-order valence-electron chi connectivity index (χ3n) is 5.04. The SMILES string of the molecule is CC[C@H](Sc1nc2ccsc2c(=O)n1Cc1ccc2c(c1)OCO2)C(=O)NCCCOC. The van der Waals surface area contributed by atoms with Gasteiger partial charge in [0.25, 0.3) is 5.56 Å². The summed E-state index contributed by atoms with van der Waals surface area (Å²) in [5.74, 6) is 1.29. The van der Waals surface area contributed by atoms with E-state index in [1.807, 2.05) is 36.6 Å². The summed E-state index contributed by atoms with van der Waals surface area (Å²) < 4.78 is 18.1. The van der Waals surface area contributed by atoms with Gasteiger partial charge < -0.3 is 19.5 Å². The maximum atomic E-state index is 13.3. The first-order valence-electron chi connectivity index (χ1n) is 10.4. The van der Waals surface area contributed by atoms with E-state index in [0.29, 0.717) is 53.0 Å². The van der Waals surface area contributed by atoms with E-state index in [1.54, 1.807) is 11.7 Å². The zero-order valence-electron chi connectivity index (χ0n) is 18.0. The quantitative estimate of drug-likeness (QED) is 0.273. The lowest BCUT2D eigenvalue weighted by atomic mass is 10.2. The minimum absolute atomic E-state index is 0.0668. The molecule has 0 saturated carbocycles. The molecule has 3 aromatic rings. The van der Waals surface area contributed by atoms with Gasteiger partial charge in [-0.3, -0.25) is 14.2 Å². The number of nitrogens with zero attached hydrogens (tertiary/aromatic N) is 2. The van der Waals surface area contributed by atoms with Gasteiger partial charge in [-0.25, -0.2) is 4.98 Å². The third-order valence-corrected chi connectivity index (χ3v) is 7.29. The van der Waals surface area contributed by atoms with Gasteiger partial charge in [0.2, 0.25) is 12.7 Å². The molecule has 3 heterocycles. The van der Waals surface area contributed by atoms with Crippen molar-refractivity contribution in [3.05, 3.63) is 45.6 Å². The molecule has 0 radical (unpaired) electrons. The van der Waals surface area contributed by atoms with Crippen LogP contribution in [0, 0.1) is 0 Å². The predicted molar refractivity (Wildman–Crippen MR) is 125 cm³/mol. The summed E-state index contributed by atoms with van der Waals surface area (Å²) in [7, 11) is 1.64. The molecule has 1 aliphatic rings. The zero-order valence-corrected chi connectivity index (χ0v) is 19.6. The highest BCUT2D eigenvalue weighted by atomic mass is 32.2. The van der Waals surface area contributed by atoms with Crippen LogP contribution < -0.4 is 20.3 Å². The molecule has 1 aliphatic heterocycles. The fraction of sp³-hybridized carbons (Fsp3) is 0.409. The second-order valence-electron chi connectivity index (χ2n) is 7.26. The van der Waals surface area contributed by atoms with Gasteiger partial charge in [0, 0.05) is 20.3 Å². The monoisotopic (exact) mass is 475 g/mol. The minimum Gasteiger partial charge on any atom is -0.454 e. The topological polar surface area (TPSA) is 91.7 Å². The third kappa shape index (κ3) is 4.92. The number of hydrogen-bond donors (Lipinski definition) is 1. The van der Waals surface area contributed by atoms with Crippen LogP contribution >= 0.6 is 23.1 Å². The molecule has 1 N–H and O–H groups in total. The second-order valence-corrected chi connectivity index (χ2v) is 9.35. The Hall–Kier alpha value is -2.56. The normalized spacial score (nSPS) is 13.4. The van der Waals surface area contributed by atoms with Crippen LogP contribution in [0.4, 0.5) is 0 Å². The Bertz CT molecular complexity index is 1160. The molecular weight excluding hydrogens is 450 g/mol. The first-order chi connectivity index (χ1) is 15.6. The van der Waals surface area contributed by atoms with Gasteiger partial charge in [0.1, 0.15) is 4.70 Å². The Morgan fingerprint density at radius 1 is 1.34 bits per heavy atom. The Kier molecular flexibility index (Phi) is 7.33. The number of amides is 1. The number of ether oxygens (including phenoxy) is 3. The highest BCUT2D eigenvalue weighted by Gasteiger charge is 2.23. The molecule has 0 unspecified atom stereocenters. The molecule has 1 amide bonds. The van der Waals surface area contributed by atoms with E-state index >= 15 is 0 Å². The fourth-order valence-electron chi connectivity index (χ4n) is 3.37. The minimum atomic E-state index is -0.358. The standard InChI is InChI=1S/C22H25N3O5S2/c1-3-18(20(26)23-8-4-9-28-2)32-22-24-15-7-10-31-19(15)21(27)25(22)12-14-5-6-16-17(11-14)30-13-29-16/h5-7,10-11,18H,3-4,8-9,12-13H2,1-2H3,(H,23,26)/t18-/m0/s1. The summed E-state index contributed by atoms with van der Waals surface area (Å²) in [5.41, 5.74) is 1.44. The molecule has 0 saturated heterocycles. The lowest BCUT2D eigenvalue weighted by Crippen LogP contribution is -2.34. The van der Waals surface area contributed by atoms with Crippen molar-refractivity contribution in [2.45, 2.75) is 36.7 Å². The number of fused-ring (bicyclic) bond motifs is 2. The first kappa shape index (κ1) is 22.6. The summed E-state index contributed by atoms with van der Waals surface area (Å²) in [6, 6.07) is 7.46. The summed E-state index contributed by atoms with van der Waals surface area (Å²) in [5, 5.41) is 4.98. The molecule has 8 nitrogen and oxygen atoms in total. The fourth-order valence-corrected chi connectivity index (χ4v) is 5.18. The van der Waals surface area contributed by atoms with Crippen LogP contribution in [0.3, 0.4) is 0 Å². The average Bonchev–Trinajstić information content (AvgIpc) is 3.46. The Morgan fingerprint density at radius 3 is 3.00 bits per heavy atom. The van der Waals surface area contributed by atoms with Crippen LogP contribution in [-0.4, -0.2) is 47.8 Å². The maximum Gasteiger partial charge on any atom is 0.272 e. The van der Waals surface area contributed by atoms with Crippen molar-refractivity contribution in [3.8, 4) is 11.5 Å². The van der Waals surface area contributed by atoms with Gasteiger partial charge in [-0.05, 0) is 42.0 Å². The molecule has 10 heteroatoms. The van der Waals surface area contributed by atoms with Crippen molar-refractivity contribution in [3.63, 3.8) is 0 Å². The van der Waals surface area contributed by atoms with Crippen LogP contribution in [-0.2, 0) is 16.1 Å². The number of carbonyl (C=O) groups is 1. The van der Waals surface area contributed by atoms with Crippen LogP contribution in [0.25, 0.3) is 10.2 Å². The van der Waals surface area contributed by atoms with Gasteiger partial charge >= 0.3 is 0 Å². The Balaban J connectivity index is 1.61. The van der Waals surface area contributed by atoms with E-state index in [1.165, 1.54) is 23.1 Å². The van der Waals surface area contributed by atoms with Gasteiger partial charge in [-0.1, -0.05) is 24.8 Å². The van der Waals surface area contributed by atoms with E-state index in [0.717, 1.165) is 12.0 Å². The largest absolute Gasteiger partial charge is 0.454 e. The molecule has 4 rings (SSSR count). The van der Waals surface area contributed by atoms with Gasteiger partial charge in [0.15, 0.2) is 16.7 Å². The summed E-state index contributed by atoms with van der Waals surface area (Å²) in [6.07, 6.45) is 1.36. The molecule has 0 aliphatic carbocycles. The molecule has 0 spiro atoms. The molecule has 32 heavy (non-hydrogen) atoms. The number of aromatic nitrogens is 2. The van der Waals surface area contributed by atoms with Crippen LogP contribution in [0.15, 0.2) is 39.6 Å². The van der Waals surface area contributed by atoms with Gasteiger partial charge in [0.05, 0.1) is 17.3 Å². The number of hydrogen-bond acceptors (Lipinski definition) is 8. The van der Waals surface area contributed by atoms with E-state index in [4.69, 9.17) is 19.2 Å². The number of rotatable bonds is 10. The number of carbonyl (C=O) groups excluding carboxylic acids is 1. The maximum absolute atomic E-state index is 13.3. The first-order valence-corrected chi connectivity index (χ1v) is 12.2. The lowest BCUT2D eigenvalue weighted by Gasteiger charge is -2.17. The molecule has 170 valence electrons. The summed E-state index contributed by atoms with van der Waals surface area (Å²) in [6.45, 7) is 3.61. The summed E-state index contributed by atoms with van der Waals surface area (Å²) in [4.78, 5) is 30.7. The lowest BCUT2D eigenvalue weighted by molar-refractivity contribution is -0.120. The van der Waals surface area contributed by atoms with Crippen LogP contribution in [0.2, 0.25) is 0 Å². The predicted octanol–water partition coefficient (Wildman–Crippen LogP) is 3.26. The van der Waals surface area contributed by atoms with Crippen molar-refractivity contribution in [2.24, 2.45) is 0 Å². The van der Waals surface area contributed by atoms with E-state index in [-0.39, 0.29) is 23.5 Å². The molecule has 0 bridgehead atoms. The number of nitrogens with one attached hydrogen (secondary N) is 1. The zero-order chi connectivity index (χ0) is 22.5. The van der Waals surface area contributed by atoms with Crippen LogP contribution in [0.1, 0.15) is 25.3 Å². The molecular formula is C22H25N3O5S2. The highest BCUT2D eigenvalue weighted by molar-refractivity contribution is 8.00. The number of methoxy groups -OCH3 is 1. The van der Waals surface area contributed by atoms with E-state index < -0.39 is 0 Å². The molecule has 2 aromatic heterocycles. The van der Waals surface area contributed by atoms with Gasteiger partial charge in [-0.2, -0.15) is 0 Å². The number of benzene rings is 1. The van der Waals surface area contributed by atoms with Crippen LogP contribution in [0.5, 0.6) is 11.5 Å². The number of thiophene rings is 1. The second kappa shape index (κ2) is 10.4. The van der Waals surface area contributed by atoms with Crippen molar-refractivity contribution in [1.29, 1.82) is 0 Å². The molecule has 1 aromatic carbocycles. The smallest absolute Gasteiger partial charge is 0.272 e. The van der Waals surface area contributed by atoms with Crippen molar-refractivity contribution < 1.29 is 19.0 Å². The van der Waals surface area contributed by atoms with Crippen molar-refractivity contribution >= 4 is 39.2 Å². The van der Waals surface area contributed by atoms with Crippen molar-refractivity contribution in [2.75, 3.05) is 27.1 Å². The highest BCUT2D eigenvalue weighted by Crippen LogP contribution is 2.33. The Labute approximate surface area is 193 Å². The average molecular weight is 476 g/mol. The van der Waals surface area contributed by atoms with Gasteiger partial charge in [-0.15, -0.1) is 11.3 Å². The molecule has 1 atom stereocenters. The Morgan fingerprint density at radius 2 is 2.19 bits per heavy atom. The molecule has 0 fully saturated rings. The van der Waals surface area contributed by atoms with Crippen molar-refractivity contribution in [1.82, 2.24) is 14.9 Å². The summed E-state index contributed by atoms with van der Waals surface area (Å²) >= 11 is 2.69. The van der Waals surface area contributed by atoms with E-state index in [9.17, 15) is 9.59 Å². The van der Waals surface area contributed by atoms with E-state index in [2.05, 4.69) is 5.32 Å². The number of thioether (sulfide) groups is 1.